The first-order valence-corrected chi connectivity index (χ1v) is 9.05. The lowest BCUT2D eigenvalue weighted by atomic mass is 10.1. The second-order valence-corrected chi connectivity index (χ2v) is 7.82. The van der Waals surface area contributed by atoms with Crippen molar-refractivity contribution in [3.8, 4) is 0 Å². The van der Waals surface area contributed by atoms with Crippen LogP contribution in [0.1, 0.15) is 24.3 Å². The highest BCUT2D eigenvalue weighted by Gasteiger charge is 2.15. The summed E-state index contributed by atoms with van der Waals surface area (Å²) in [5.74, 6) is 0.270. The van der Waals surface area contributed by atoms with E-state index in [1.165, 1.54) is 30.5 Å². The molecule has 2 heterocycles. The zero-order chi connectivity index (χ0) is 19.0. The number of nitrogens with zero attached hydrogens (tertiary/aromatic N) is 3. The van der Waals surface area contributed by atoms with Crippen LogP contribution in [0.15, 0.2) is 39.9 Å². The lowest BCUT2D eigenvalue weighted by Crippen LogP contribution is -2.38. The minimum atomic E-state index is -0.433. The number of benzene rings is 1. The second-order valence-electron chi connectivity index (χ2n) is 6.68. The molecule has 8 heteroatoms. The predicted octanol–water partition coefficient (Wildman–Crippen LogP) is 2.92. The van der Waals surface area contributed by atoms with Gasteiger partial charge in [0.1, 0.15) is 4.70 Å². The number of nitro groups is 1. The Balaban J connectivity index is 2.05. The van der Waals surface area contributed by atoms with Gasteiger partial charge in [0.25, 0.3) is 11.2 Å². The van der Waals surface area contributed by atoms with Gasteiger partial charge in [-0.1, -0.05) is 26.0 Å². The Hall–Kier alpha value is -2.74. The van der Waals surface area contributed by atoms with Gasteiger partial charge in [-0.25, -0.2) is 4.79 Å². The summed E-state index contributed by atoms with van der Waals surface area (Å²) in [5, 5.41) is 10.8. The molecule has 26 heavy (non-hydrogen) atoms. The fourth-order valence-electron chi connectivity index (χ4n) is 2.87. The van der Waals surface area contributed by atoms with Gasteiger partial charge in [-0.3, -0.25) is 24.0 Å². The number of aromatic nitrogens is 2. The van der Waals surface area contributed by atoms with E-state index in [9.17, 15) is 19.7 Å². The normalized spacial score (nSPS) is 11.4. The lowest BCUT2D eigenvalue weighted by Gasteiger charge is -2.11. The van der Waals surface area contributed by atoms with Crippen LogP contribution in [0, 0.1) is 16.0 Å². The van der Waals surface area contributed by atoms with E-state index in [4.69, 9.17) is 0 Å². The Morgan fingerprint density at radius 3 is 2.42 bits per heavy atom. The molecule has 0 bridgehead atoms. The molecule has 0 spiro atoms. The molecule has 0 atom stereocenters. The fourth-order valence-corrected chi connectivity index (χ4v) is 4.04. The summed E-state index contributed by atoms with van der Waals surface area (Å²) < 4.78 is 3.36. The van der Waals surface area contributed by atoms with Crippen LogP contribution in [-0.2, 0) is 20.0 Å². The standard InChI is InChI=1S/C18H19N3O4S/c1-11(2)10-20-15-9-14(26-16(15)17(22)19(3)18(20)23)8-12-4-6-13(7-5-12)21(24)25/h4-7,9,11H,8,10H2,1-3H3. The predicted molar refractivity (Wildman–Crippen MR) is 102 cm³/mol. The maximum absolute atomic E-state index is 12.5. The third-order valence-electron chi connectivity index (χ3n) is 4.14. The summed E-state index contributed by atoms with van der Waals surface area (Å²) in [4.78, 5) is 36.2. The van der Waals surface area contributed by atoms with Crippen LogP contribution in [0.5, 0.6) is 0 Å². The van der Waals surface area contributed by atoms with Crippen LogP contribution < -0.4 is 11.2 Å². The number of hydrogen-bond donors (Lipinski definition) is 0. The molecular formula is C18H19N3O4S. The third kappa shape index (κ3) is 3.32. The maximum atomic E-state index is 12.5. The van der Waals surface area contributed by atoms with Gasteiger partial charge in [0.15, 0.2) is 0 Å². The molecule has 3 aromatic rings. The molecule has 0 radical (unpaired) electrons. The molecule has 0 N–H and O–H groups in total. The fraction of sp³-hybridized carbons (Fsp3) is 0.333. The molecule has 0 fully saturated rings. The van der Waals surface area contributed by atoms with Crippen LogP contribution in [-0.4, -0.2) is 14.1 Å². The van der Waals surface area contributed by atoms with E-state index in [0.29, 0.717) is 23.2 Å². The van der Waals surface area contributed by atoms with Crippen molar-refractivity contribution in [3.63, 3.8) is 0 Å². The van der Waals surface area contributed by atoms with Gasteiger partial charge in [0.05, 0.1) is 10.4 Å². The minimum absolute atomic E-state index is 0.0460. The number of hydrogen-bond acceptors (Lipinski definition) is 5. The molecule has 0 aliphatic rings. The van der Waals surface area contributed by atoms with E-state index in [-0.39, 0.29) is 22.9 Å². The number of thiophene rings is 1. The van der Waals surface area contributed by atoms with Gasteiger partial charge >= 0.3 is 5.69 Å². The zero-order valence-electron chi connectivity index (χ0n) is 14.8. The average Bonchev–Trinajstić information content (AvgIpc) is 3.01. The monoisotopic (exact) mass is 373 g/mol. The second kappa shape index (κ2) is 6.87. The molecule has 0 saturated heterocycles. The number of fused-ring (bicyclic) bond motifs is 1. The van der Waals surface area contributed by atoms with E-state index in [1.807, 2.05) is 19.9 Å². The molecule has 136 valence electrons. The van der Waals surface area contributed by atoms with Crippen molar-refractivity contribution in [2.75, 3.05) is 0 Å². The molecule has 2 aromatic heterocycles. The van der Waals surface area contributed by atoms with Crippen molar-refractivity contribution < 1.29 is 4.92 Å². The van der Waals surface area contributed by atoms with Gasteiger partial charge in [0, 0.05) is 37.0 Å². The highest BCUT2D eigenvalue weighted by atomic mass is 32.1. The van der Waals surface area contributed by atoms with E-state index in [2.05, 4.69) is 0 Å². The summed E-state index contributed by atoms with van der Waals surface area (Å²) in [6.45, 7) is 4.58. The van der Waals surface area contributed by atoms with E-state index >= 15 is 0 Å². The lowest BCUT2D eigenvalue weighted by molar-refractivity contribution is -0.384. The van der Waals surface area contributed by atoms with Gasteiger partial charge in [-0.05, 0) is 17.5 Å². The molecule has 0 aliphatic carbocycles. The van der Waals surface area contributed by atoms with E-state index < -0.39 is 4.92 Å². The van der Waals surface area contributed by atoms with Crippen LogP contribution in [0.25, 0.3) is 10.2 Å². The van der Waals surface area contributed by atoms with Crippen molar-refractivity contribution in [1.82, 2.24) is 9.13 Å². The minimum Gasteiger partial charge on any atom is -0.292 e. The summed E-state index contributed by atoms with van der Waals surface area (Å²) >= 11 is 1.37. The van der Waals surface area contributed by atoms with Crippen LogP contribution in [0.3, 0.4) is 0 Å². The Bertz CT molecular complexity index is 1090. The van der Waals surface area contributed by atoms with E-state index in [0.717, 1.165) is 15.0 Å². The summed E-state index contributed by atoms with van der Waals surface area (Å²) in [6.07, 6.45) is 0.552. The topological polar surface area (TPSA) is 87.1 Å². The summed E-state index contributed by atoms with van der Waals surface area (Å²) in [5.41, 5.74) is 1.02. The Labute approximate surface area is 153 Å². The van der Waals surface area contributed by atoms with Gasteiger partial charge in [0.2, 0.25) is 0 Å². The smallest absolute Gasteiger partial charge is 0.292 e. The highest BCUT2D eigenvalue weighted by molar-refractivity contribution is 7.18. The molecular weight excluding hydrogens is 354 g/mol. The van der Waals surface area contributed by atoms with Crippen molar-refractivity contribution in [2.45, 2.75) is 26.8 Å². The Kier molecular flexibility index (Phi) is 4.78. The SMILES string of the molecule is CC(C)Cn1c(=O)n(C)c(=O)c2sc(Cc3ccc([N+](=O)[O-])cc3)cc21. The molecule has 3 rings (SSSR count). The molecule has 0 aliphatic heterocycles. The van der Waals surface area contributed by atoms with Crippen molar-refractivity contribution in [3.05, 3.63) is 71.7 Å². The first-order valence-electron chi connectivity index (χ1n) is 8.23. The first kappa shape index (κ1) is 18.1. The molecule has 1 aromatic carbocycles. The number of rotatable bonds is 5. The summed E-state index contributed by atoms with van der Waals surface area (Å²) in [7, 11) is 1.50. The van der Waals surface area contributed by atoms with Crippen LogP contribution in [0.4, 0.5) is 5.69 Å². The van der Waals surface area contributed by atoms with Crippen LogP contribution in [0.2, 0.25) is 0 Å². The quantitative estimate of drug-likeness (QED) is 0.508. The Morgan fingerprint density at radius 1 is 1.19 bits per heavy atom. The molecule has 0 unspecified atom stereocenters. The number of nitro benzene ring substituents is 1. The first-order chi connectivity index (χ1) is 12.3. The average molecular weight is 373 g/mol. The van der Waals surface area contributed by atoms with E-state index in [1.54, 1.807) is 16.7 Å². The summed E-state index contributed by atoms with van der Waals surface area (Å²) in [6, 6.07) is 8.24. The maximum Gasteiger partial charge on any atom is 0.331 e. The zero-order valence-corrected chi connectivity index (χ0v) is 15.6. The molecule has 0 saturated carbocycles. The van der Waals surface area contributed by atoms with Crippen molar-refractivity contribution >= 4 is 27.2 Å². The Morgan fingerprint density at radius 2 is 1.85 bits per heavy atom. The van der Waals surface area contributed by atoms with Crippen molar-refractivity contribution in [2.24, 2.45) is 13.0 Å². The van der Waals surface area contributed by atoms with Gasteiger partial charge < -0.3 is 0 Å². The molecule has 7 nitrogen and oxygen atoms in total. The van der Waals surface area contributed by atoms with Gasteiger partial charge in [-0.15, -0.1) is 11.3 Å². The largest absolute Gasteiger partial charge is 0.331 e. The van der Waals surface area contributed by atoms with Crippen molar-refractivity contribution in [1.29, 1.82) is 0 Å². The van der Waals surface area contributed by atoms with Gasteiger partial charge in [-0.2, -0.15) is 0 Å². The van der Waals surface area contributed by atoms with Crippen LogP contribution >= 0.6 is 11.3 Å². The highest BCUT2D eigenvalue weighted by Crippen LogP contribution is 2.25. The number of non-ortho nitro benzene ring substituents is 1. The molecule has 0 amide bonds. The third-order valence-corrected chi connectivity index (χ3v) is 5.26.